The van der Waals surface area contributed by atoms with E-state index in [1.54, 1.807) is 0 Å². The molecule has 0 radical (unpaired) electrons. The number of aromatic nitrogens is 2. The molecule has 0 fully saturated rings. The van der Waals surface area contributed by atoms with Gasteiger partial charge in [0.15, 0.2) is 0 Å². The van der Waals surface area contributed by atoms with Crippen LogP contribution in [0.1, 0.15) is 48.3 Å². The van der Waals surface area contributed by atoms with E-state index in [0.717, 1.165) is 29.3 Å². The van der Waals surface area contributed by atoms with Gasteiger partial charge < -0.3 is 15.0 Å². The summed E-state index contributed by atoms with van der Waals surface area (Å²) in [6.45, 7) is 7.56. The minimum absolute atomic E-state index is 0.0218. The van der Waals surface area contributed by atoms with E-state index in [2.05, 4.69) is 29.1 Å². The fourth-order valence-corrected chi connectivity index (χ4v) is 2.93. The van der Waals surface area contributed by atoms with Crippen LogP contribution in [0.5, 0.6) is 5.75 Å². The molecule has 5 nitrogen and oxygen atoms in total. The van der Waals surface area contributed by atoms with Crippen LogP contribution >= 0.6 is 0 Å². The molecule has 2 N–H and O–H groups in total. The van der Waals surface area contributed by atoms with Gasteiger partial charge in [0.05, 0.1) is 6.61 Å². The van der Waals surface area contributed by atoms with Gasteiger partial charge in [0, 0.05) is 24.2 Å². The Balaban J connectivity index is 1.89. The highest BCUT2D eigenvalue weighted by Gasteiger charge is 2.29. The molecule has 2 heterocycles. The van der Waals surface area contributed by atoms with Crippen LogP contribution < -0.4 is 10.1 Å². The second-order valence-electron chi connectivity index (χ2n) is 6.75. The number of hydrogen-bond donors (Lipinski definition) is 2. The molecule has 1 aromatic carbocycles. The molecule has 0 unspecified atom stereocenters. The Hall–Kier alpha value is -2.30. The number of rotatable bonds is 4. The van der Waals surface area contributed by atoms with Crippen molar-refractivity contribution in [2.45, 2.75) is 33.6 Å². The van der Waals surface area contributed by atoms with Crippen LogP contribution in [0.25, 0.3) is 0 Å². The number of nitrogens with one attached hydrogen (secondary N) is 2. The van der Waals surface area contributed by atoms with Crippen molar-refractivity contribution in [1.29, 1.82) is 0 Å². The third kappa shape index (κ3) is 3.38. The van der Waals surface area contributed by atoms with Crippen molar-refractivity contribution in [2.75, 3.05) is 13.2 Å². The van der Waals surface area contributed by atoms with Gasteiger partial charge in [0.25, 0.3) is 5.91 Å². The molecule has 0 bridgehead atoms. The highest BCUT2D eigenvalue weighted by molar-refractivity contribution is 5.94. The predicted octanol–water partition coefficient (Wildman–Crippen LogP) is 2.71. The van der Waals surface area contributed by atoms with Crippen molar-refractivity contribution in [1.82, 2.24) is 15.3 Å². The van der Waals surface area contributed by atoms with Crippen molar-refractivity contribution in [2.24, 2.45) is 5.41 Å². The molecule has 0 aliphatic carbocycles. The maximum atomic E-state index is 12.2. The first-order valence-electron chi connectivity index (χ1n) is 8.05. The van der Waals surface area contributed by atoms with Crippen molar-refractivity contribution < 1.29 is 9.53 Å². The molecule has 0 atom stereocenters. The number of benzene rings is 1. The fraction of sp³-hybridized carbons (Fsp3) is 0.444. The van der Waals surface area contributed by atoms with Crippen LogP contribution in [0.4, 0.5) is 0 Å². The van der Waals surface area contributed by atoms with Gasteiger partial charge in [-0.05, 0) is 24.8 Å². The van der Waals surface area contributed by atoms with Crippen molar-refractivity contribution in [3.05, 3.63) is 47.0 Å². The standard InChI is InChI=1S/C18H23N3O2/c1-4-23-14-8-6-5-7-12(14)9-15-20-13-10-18(2,3)11-19-17(22)16(13)21-15/h5-8H,4,9-11H2,1-3H3,(H,19,22)(H,20,21). The Labute approximate surface area is 136 Å². The van der Waals surface area contributed by atoms with E-state index < -0.39 is 0 Å². The van der Waals surface area contributed by atoms with Crippen molar-refractivity contribution in [3.63, 3.8) is 0 Å². The Bertz CT molecular complexity index is 719. The van der Waals surface area contributed by atoms with Crippen LogP contribution in [0.2, 0.25) is 0 Å². The molecule has 1 aliphatic rings. The number of carbonyl (C=O) groups excluding carboxylic acids is 1. The summed E-state index contributed by atoms with van der Waals surface area (Å²) < 4.78 is 5.66. The molecule has 1 aromatic heterocycles. The Morgan fingerprint density at radius 1 is 1.30 bits per heavy atom. The van der Waals surface area contributed by atoms with Crippen LogP contribution in [-0.4, -0.2) is 29.0 Å². The maximum Gasteiger partial charge on any atom is 0.271 e. The average Bonchev–Trinajstić information content (AvgIpc) is 2.84. The quantitative estimate of drug-likeness (QED) is 0.912. The molecule has 0 spiro atoms. The molecule has 122 valence electrons. The smallest absolute Gasteiger partial charge is 0.271 e. The van der Waals surface area contributed by atoms with Gasteiger partial charge in [-0.1, -0.05) is 32.0 Å². The molecule has 0 saturated heterocycles. The van der Waals surface area contributed by atoms with E-state index in [1.165, 1.54) is 0 Å². The van der Waals surface area contributed by atoms with E-state index in [0.29, 0.717) is 25.3 Å². The first kappa shape index (κ1) is 15.6. The Morgan fingerprint density at radius 2 is 2.09 bits per heavy atom. The minimum Gasteiger partial charge on any atom is -0.494 e. The fourth-order valence-electron chi connectivity index (χ4n) is 2.93. The molecule has 0 saturated carbocycles. The third-order valence-corrected chi connectivity index (χ3v) is 4.06. The molecular weight excluding hydrogens is 290 g/mol. The lowest BCUT2D eigenvalue weighted by atomic mass is 9.88. The number of carbonyl (C=O) groups is 1. The lowest BCUT2D eigenvalue weighted by Crippen LogP contribution is -2.32. The van der Waals surface area contributed by atoms with Crippen molar-refractivity contribution in [3.8, 4) is 5.75 Å². The largest absolute Gasteiger partial charge is 0.494 e. The number of fused-ring (bicyclic) bond motifs is 1. The molecule has 1 aliphatic heterocycles. The number of para-hydroxylation sites is 1. The van der Waals surface area contributed by atoms with Crippen LogP contribution in [-0.2, 0) is 12.8 Å². The minimum atomic E-state index is -0.0915. The van der Waals surface area contributed by atoms with Gasteiger partial charge in [-0.15, -0.1) is 0 Å². The summed E-state index contributed by atoms with van der Waals surface area (Å²) in [4.78, 5) is 20.1. The second kappa shape index (κ2) is 6.07. The van der Waals surface area contributed by atoms with Crippen LogP contribution in [0, 0.1) is 5.41 Å². The van der Waals surface area contributed by atoms with E-state index >= 15 is 0 Å². The zero-order valence-electron chi connectivity index (χ0n) is 13.9. The first-order valence-corrected chi connectivity index (χ1v) is 8.05. The summed E-state index contributed by atoms with van der Waals surface area (Å²) in [6, 6.07) is 7.94. The first-order chi connectivity index (χ1) is 11.0. The SMILES string of the molecule is CCOc1ccccc1Cc1nc2c([nH]1)CC(C)(C)CNC2=O. The van der Waals surface area contributed by atoms with Gasteiger partial charge in [-0.3, -0.25) is 4.79 Å². The molecule has 3 rings (SSSR count). The second-order valence-corrected chi connectivity index (χ2v) is 6.75. The maximum absolute atomic E-state index is 12.2. The van der Waals surface area contributed by atoms with Gasteiger partial charge >= 0.3 is 0 Å². The van der Waals surface area contributed by atoms with E-state index in [-0.39, 0.29) is 11.3 Å². The van der Waals surface area contributed by atoms with Gasteiger partial charge in [0.1, 0.15) is 17.3 Å². The van der Waals surface area contributed by atoms with Gasteiger partial charge in [-0.25, -0.2) is 4.98 Å². The molecule has 23 heavy (non-hydrogen) atoms. The van der Waals surface area contributed by atoms with Crippen LogP contribution in [0.3, 0.4) is 0 Å². The average molecular weight is 313 g/mol. The number of hydrogen-bond acceptors (Lipinski definition) is 3. The number of ether oxygens (including phenoxy) is 1. The number of imidazole rings is 1. The summed E-state index contributed by atoms with van der Waals surface area (Å²) in [5.41, 5.74) is 2.54. The van der Waals surface area contributed by atoms with E-state index in [4.69, 9.17) is 4.74 Å². The van der Waals surface area contributed by atoms with Gasteiger partial charge in [0.2, 0.25) is 0 Å². The zero-order valence-corrected chi connectivity index (χ0v) is 13.9. The van der Waals surface area contributed by atoms with Gasteiger partial charge in [-0.2, -0.15) is 0 Å². The molecule has 1 amide bonds. The molecular formula is C18H23N3O2. The Kier molecular flexibility index (Phi) is 4.11. The normalized spacial score (nSPS) is 16.4. The summed E-state index contributed by atoms with van der Waals surface area (Å²) >= 11 is 0. The zero-order chi connectivity index (χ0) is 16.4. The molecule has 2 aromatic rings. The summed E-state index contributed by atoms with van der Waals surface area (Å²) in [7, 11) is 0. The van der Waals surface area contributed by atoms with Crippen LogP contribution in [0.15, 0.2) is 24.3 Å². The highest BCUT2D eigenvalue weighted by atomic mass is 16.5. The van der Waals surface area contributed by atoms with E-state index in [9.17, 15) is 4.79 Å². The summed E-state index contributed by atoms with van der Waals surface area (Å²) in [6.07, 6.45) is 1.43. The van der Waals surface area contributed by atoms with Crippen molar-refractivity contribution >= 4 is 5.91 Å². The lowest BCUT2D eigenvalue weighted by Gasteiger charge is -2.21. The molecule has 5 heteroatoms. The summed E-state index contributed by atoms with van der Waals surface area (Å²) in [5.74, 6) is 1.58. The number of amides is 1. The Morgan fingerprint density at radius 3 is 2.87 bits per heavy atom. The highest BCUT2D eigenvalue weighted by Crippen LogP contribution is 2.26. The lowest BCUT2D eigenvalue weighted by molar-refractivity contribution is 0.0940. The number of nitrogens with zero attached hydrogens (tertiary/aromatic N) is 1. The summed E-state index contributed by atoms with van der Waals surface area (Å²) in [5, 5.41) is 2.95. The topological polar surface area (TPSA) is 67.0 Å². The monoisotopic (exact) mass is 313 g/mol. The predicted molar refractivity (Wildman–Crippen MR) is 88.8 cm³/mol. The van der Waals surface area contributed by atoms with E-state index in [1.807, 2.05) is 31.2 Å². The third-order valence-electron chi connectivity index (χ3n) is 4.06. The number of aromatic amines is 1. The number of H-pyrrole nitrogens is 1.